The van der Waals surface area contributed by atoms with Gasteiger partial charge in [0.2, 0.25) is 0 Å². The minimum Gasteiger partial charge on any atom is -0.294 e. The van der Waals surface area contributed by atoms with E-state index in [1.807, 2.05) is 0 Å². The summed E-state index contributed by atoms with van der Waals surface area (Å²) in [5.74, 6) is 0.322. The molecular formula is C21H20O. The normalized spacial score (nSPS) is 14.0. The second kappa shape index (κ2) is 5.24. The first-order chi connectivity index (χ1) is 10.8. The SMILES string of the molecule is CCCCc1cc2c(c3ccc4ccccc4c13)CCC2=O. The third-order valence-electron chi connectivity index (χ3n) is 4.92. The number of Topliss-reactive ketones (excluding diaryl/α,β-unsaturated/α-hetero) is 1. The minimum absolute atomic E-state index is 0.322. The Labute approximate surface area is 131 Å². The number of aryl methyl sites for hydroxylation is 2. The smallest absolute Gasteiger partial charge is 0.163 e. The molecule has 3 aromatic rings. The van der Waals surface area contributed by atoms with Gasteiger partial charge in [0.05, 0.1) is 0 Å². The Morgan fingerprint density at radius 3 is 2.73 bits per heavy atom. The molecule has 0 atom stereocenters. The Kier molecular flexibility index (Phi) is 3.22. The van der Waals surface area contributed by atoms with E-state index in [9.17, 15) is 4.79 Å². The van der Waals surface area contributed by atoms with Gasteiger partial charge in [0.25, 0.3) is 0 Å². The van der Waals surface area contributed by atoms with Gasteiger partial charge in [-0.25, -0.2) is 0 Å². The predicted molar refractivity (Wildman–Crippen MR) is 92.7 cm³/mol. The van der Waals surface area contributed by atoms with Gasteiger partial charge in [-0.1, -0.05) is 49.7 Å². The zero-order valence-electron chi connectivity index (χ0n) is 13.0. The molecule has 0 saturated carbocycles. The molecule has 0 heterocycles. The Balaban J connectivity index is 2.11. The van der Waals surface area contributed by atoms with Crippen molar-refractivity contribution < 1.29 is 4.79 Å². The summed E-state index contributed by atoms with van der Waals surface area (Å²) in [5.41, 5.74) is 3.60. The zero-order chi connectivity index (χ0) is 15.1. The Morgan fingerprint density at radius 1 is 1.00 bits per heavy atom. The number of carbonyl (C=O) groups is 1. The second-order valence-corrected chi connectivity index (χ2v) is 6.30. The molecule has 0 aliphatic heterocycles. The summed E-state index contributed by atoms with van der Waals surface area (Å²) in [4.78, 5) is 12.2. The largest absolute Gasteiger partial charge is 0.294 e. The summed E-state index contributed by atoms with van der Waals surface area (Å²) in [6.45, 7) is 2.22. The highest BCUT2D eigenvalue weighted by Gasteiger charge is 2.23. The number of ketones is 1. The van der Waals surface area contributed by atoms with E-state index < -0.39 is 0 Å². The molecule has 0 aromatic heterocycles. The van der Waals surface area contributed by atoms with Crippen molar-refractivity contribution in [1.82, 2.24) is 0 Å². The van der Waals surface area contributed by atoms with Crippen molar-refractivity contribution in [2.24, 2.45) is 0 Å². The molecule has 22 heavy (non-hydrogen) atoms. The molecule has 110 valence electrons. The molecular weight excluding hydrogens is 268 g/mol. The predicted octanol–water partition coefficient (Wildman–Crippen LogP) is 5.46. The molecule has 0 unspecified atom stereocenters. The third kappa shape index (κ3) is 1.96. The Hall–Kier alpha value is -2.15. The van der Waals surface area contributed by atoms with Crippen molar-refractivity contribution in [3.63, 3.8) is 0 Å². The molecule has 4 rings (SSSR count). The molecule has 0 spiro atoms. The summed E-state index contributed by atoms with van der Waals surface area (Å²) >= 11 is 0. The monoisotopic (exact) mass is 288 g/mol. The minimum atomic E-state index is 0.322. The maximum Gasteiger partial charge on any atom is 0.163 e. The first-order valence-corrected chi connectivity index (χ1v) is 8.29. The van der Waals surface area contributed by atoms with E-state index in [2.05, 4.69) is 49.4 Å². The number of unbranched alkanes of at least 4 members (excludes halogenated alkanes) is 1. The van der Waals surface area contributed by atoms with E-state index in [1.54, 1.807) is 0 Å². The number of carbonyl (C=O) groups excluding carboxylic acids is 1. The molecule has 1 nitrogen and oxygen atoms in total. The lowest BCUT2D eigenvalue weighted by Gasteiger charge is -2.14. The fraction of sp³-hybridized carbons (Fsp3) is 0.286. The first kappa shape index (κ1) is 13.5. The van der Waals surface area contributed by atoms with Gasteiger partial charge in [-0.05, 0) is 58.0 Å². The fourth-order valence-electron chi connectivity index (χ4n) is 3.80. The van der Waals surface area contributed by atoms with Crippen molar-refractivity contribution in [2.45, 2.75) is 39.0 Å². The summed E-state index contributed by atoms with van der Waals surface area (Å²) < 4.78 is 0. The van der Waals surface area contributed by atoms with E-state index in [0.717, 1.165) is 18.4 Å². The van der Waals surface area contributed by atoms with Crippen molar-refractivity contribution in [2.75, 3.05) is 0 Å². The molecule has 0 fully saturated rings. The standard InChI is InChI=1S/C21H20O/c1-2-3-6-15-13-19-17(11-12-20(19)22)18-10-9-14-7-4-5-8-16(14)21(15)18/h4-5,7-10,13H,2-3,6,11-12H2,1H3. The van der Waals surface area contributed by atoms with Crippen LogP contribution in [0.5, 0.6) is 0 Å². The molecule has 1 aliphatic carbocycles. The molecule has 0 radical (unpaired) electrons. The van der Waals surface area contributed by atoms with Crippen LogP contribution in [0.25, 0.3) is 21.5 Å². The molecule has 1 heteroatoms. The van der Waals surface area contributed by atoms with E-state index in [0.29, 0.717) is 12.2 Å². The number of rotatable bonds is 3. The van der Waals surface area contributed by atoms with Crippen LogP contribution in [0.15, 0.2) is 42.5 Å². The van der Waals surface area contributed by atoms with Crippen LogP contribution in [0, 0.1) is 0 Å². The summed E-state index contributed by atoms with van der Waals surface area (Å²) in [7, 11) is 0. The maximum atomic E-state index is 12.2. The number of hydrogen-bond acceptors (Lipinski definition) is 1. The quantitative estimate of drug-likeness (QED) is 0.584. The summed E-state index contributed by atoms with van der Waals surface area (Å²) in [6, 6.07) is 15.2. The van der Waals surface area contributed by atoms with Gasteiger partial charge in [-0.15, -0.1) is 0 Å². The van der Waals surface area contributed by atoms with Crippen molar-refractivity contribution in [3.8, 4) is 0 Å². The number of fused-ring (bicyclic) bond motifs is 5. The van der Waals surface area contributed by atoms with Crippen molar-refractivity contribution >= 4 is 27.3 Å². The van der Waals surface area contributed by atoms with Crippen molar-refractivity contribution in [3.05, 3.63) is 59.2 Å². The second-order valence-electron chi connectivity index (χ2n) is 6.30. The average Bonchev–Trinajstić information content (AvgIpc) is 2.93. The highest BCUT2D eigenvalue weighted by Crippen LogP contribution is 2.37. The maximum absolute atomic E-state index is 12.2. The number of hydrogen-bond donors (Lipinski definition) is 0. The van der Waals surface area contributed by atoms with Crippen LogP contribution in [-0.4, -0.2) is 5.78 Å². The van der Waals surface area contributed by atoms with E-state index in [4.69, 9.17) is 0 Å². The van der Waals surface area contributed by atoms with E-state index >= 15 is 0 Å². The van der Waals surface area contributed by atoms with Gasteiger partial charge < -0.3 is 0 Å². The van der Waals surface area contributed by atoms with E-state index in [1.165, 1.54) is 45.5 Å². The molecule has 0 bridgehead atoms. The van der Waals surface area contributed by atoms with Gasteiger partial charge in [0.15, 0.2) is 5.78 Å². The highest BCUT2D eigenvalue weighted by molar-refractivity contribution is 6.14. The Bertz CT molecular complexity index is 889. The molecule has 1 aliphatic rings. The topological polar surface area (TPSA) is 17.1 Å². The van der Waals surface area contributed by atoms with Crippen LogP contribution >= 0.6 is 0 Å². The molecule has 0 saturated heterocycles. The van der Waals surface area contributed by atoms with Crippen LogP contribution in [0.2, 0.25) is 0 Å². The zero-order valence-corrected chi connectivity index (χ0v) is 13.0. The lowest BCUT2D eigenvalue weighted by Crippen LogP contribution is -1.97. The summed E-state index contributed by atoms with van der Waals surface area (Å²) in [6.07, 6.45) is 4.98. The highest BCUT2D eigenvalue weighted by atomic mass is 16.1. The van der Waals surface area contributed by atoms with Gasteiger partial charge in [-0.2, -0.15) is 0 Å². The van der Waals surface area contributed by atoms with Gasteiger partial charge >= 0.3 is 0 Å². The lowest BCUT2D eigenvalue weighted by atomic mass is 9.90. The van der Waals surface area contributed by atoms with E-state index in [-0.39, 0.29) is 0 Å². The third-order valence-corrected chi connectivity index (χ3v) is 4.92. The van der Waals surface area contributed by atoms with Crippen LogP contribution in [0.3, 0.4) is 0 Å². The van der Waals surface area contributed by atoms with Gasteiger partial charge in [-0.3, -0.25) is 4.79 Å². The lowest BCUT2D eigenvalue weighted by molar-refractivity contribution is 0.0994. The van der Waals surface area contributed by atoms with Crippen LogP contribution in [0.1, 0.15) is 47.7 Å². The van der Waals surface area contributed by atoms with Crippen LogP contribution in [-0.2, 0) is 12.8 Å². The fourth-order valence-corrected chi connectivity index (χ4v) is 3.80. The van der Waals surface area contributed by atoms with Crippen molar-refractivity contribution in [1.29, 1.82) is 0 Å². The Morgan fingerprint density at radius 2 is 1.86 bits per heavy atom. The van der Waals surface area contributed by atoms with Crippen LogP contribution < -0.4 is 0 Å². The summed E-state index contributed by atoms with van der Waals surface area (Å²) in [5, 5.41) is 5.29. The molecule has 0 amide bonds. The first-order valence-electron chi connectivity index (χ1n) is 8.29. The average molecular weight is 288 g/mol. The van der Waals surface area contributed by atoms with Gasteiger partial charge in [0, 0.05) is 12.0 Å². The molecule has 0 N–H and O–H groups in total. The molecule has 3 aromatic carbocycles. The number of benzene rings is 3. The van der Waals surface area contributed by atoms with Gasteiger partial charge in [0.1, 0.15) is 0 Å². The van der Waals surface area contributed by atoms with Crippen LogP contribution in [0.4, 0.5) is 0 Å².